The second kappa shape index (κ2) is 8.22. The lowest BCUT2D eigenvalue weighted by Gasteiger charge is -2.20. The van der Waals surface area contributed by atoms with Gasteiger partial charge in [0, 0.05) is 26.3 Å². The number of hydrogen-bond acceptors (Lipinski definition) is 6. The van der Waals surface area contributed by atoms with Crippen LogP contribution in [-0.2, 0) is 4.74 Å². The second-order valence-corrected chi connectivity index (χ2v) is 7.71. The molecule has 11 heteroatoms. The van der Waals surface area contributed by atoms with Crippen LogP contribution in [-0.4, -0.2) is 49.0 Å². The number of aromatic nitrogens is 2. The summed E-state index contributed by atoms with van der Waals surface area (Å²) in [7, 11) is 1.43. The normalized spacial score (nSPS) is 20.8. The van der Waals surface area contributed by atoms with Gasteiger partial charge in [0.25, 0.3) is 11.5 Å². The van der Waals surface area contributed by atoms with Gasteiger partial charge in [0.05, 0.1) is 12.6 Å². The molecule has 1 saturated carbocycles. The third kappa shape index (κ3) is 5.16. The number of carbonyl (C=O) groups excluding carboxylic acids is 1. The van der Waals surface area contributed by atoms with Gasteiger partial charge < -0.3 is 19.7 Å². The van der Waals surface area contributed by atoms with E-state index in [2.05, 4.69) is 20.0 Å². The Bertz CT molecular complexity index is 999. The number of rotatable bonds is 7. The molecule has 1 aromatic heterocycles. The predicted octanol–water partition coefficient (Wildman–Crippen LogP) is 2.24. The van der Waals surface area contributed by atoms with E-state index in [1.807, 2.05) is 4.90 Å². The minimum Gasteiger partial charge on any atom is -0.406 e. The van der Waals surface area contributed by atoms with Crippen LogP contribution in [0.2, 0.25) is 0 Å². The highest BCUT2D eigenvalue weighted by molar-refractivity contribution is 5.92. The van der Waals surface area contributed by atoms with Gasteiger partial charge in [-0.2, -0.15) is 0 Å². The Morgan fingerprint density at radius 2 is 1.97 bits per heavy atom. The van der Waals surface area contributed by atoms with Crippen LogP contribution in [0.3, 0.4) is 0 Å². The molecule has 2 aliphatic rings. The fourth-order valence-electron chi connectivity index (χ4n) is 3.80. The van der Waals surface area contributed by atoms with Crippen LogP contribution < -0.4 is 20.5 Å². The Labute approximate surface area is 175 Å². The van der Waals surface area contributed by atoms with Gasteiger partial charge in [0.15, 0.2) is 0 Å². The Morgan fingerprint density at radius 3 is 2.58 bits per heavy atom. The summed E-state index contributed by atoms with van der Waals surface area (Å²) >= 11 is 0. The van der Waals surface area contributed by atoms with Crippen molar-refractivity contribution in [1.29, 1.82) is 0 Å². The van der Waals surface area contributed by atoms with Gasteiger partial charge >= 0.3 is 6.36 Å². The zero-order chi connectivity index (χ0) is 22.2. The topological polar surface area (TPSA) is 96.5 Å². The molecule has 8 nitrogen and oxygen atoms in total. The van der Waals surface area contributed by atoms with Crippen molar-refractivity contribution in [2.24, 2.45) is 11.8 Å². The first kappa shape index (κ1) is 21.2. The first-order chi connectivity index (χ1) is 14.7. The number of anilines is 1. The van der Waals surface area contributed by atoms with Crippen molar-refractivity contribution in [3.8, 4) is 5.75 Å². The fourth-order valence-corrected chi connectivity index (χ4v) is 3.80. The van der Waals surface area contributed by atoms with Crippen molar-refractivity contribution < 1.29 is 27.4 Å². The van der Waals surface area contributed by atoms with Gasteiger partial charge in [0.1, 0.15) is 11.4 Å². The molecule has 2 heterocycles. The summed E-state index contributed by atoms with van der Waals surface area (Å²) in [6, 6.07) is 5.55. The monoisotopic (exact) mass is 438 g/mol. The van der Waals surface area contributed by atoms with Gasteiger partial charge in [-0.3, -0.25) is 14.6 Å². The number of piperidine rings is 1. The summed E-state index contributed by atoms with van der Waals surface area (Å²) in [5, 5.41) is 2.72. The molecule has 0 spiro atoms. The van der Waals surface area contributed by atoms with E-state index in [0.717, 1.165) is 31.3 Å². The van der Waals surface area contributed by atoms with Gasteiger partial charge in [0.2, 0.25) is 5.95 Å². The standard InChI is InChI=1S/C20H21F3N4O4/c1-30-10-16(11-2-4-14(5-3-11)31-20(21,22)23)24-18(29)15-7-17(28)26-19(25-15)27-8-12-6-13(12)9-27/h2-5,7,12-13,16H,6,8-10H2,1H3,(H,24,29)(H,25,26,28). The number of fused-ring (bicyclic) bond motifs is 1. The van der Waals surface area contributed by atoms with Gasteiger partial charge in [-0.05, 0) is 36.0 Å². The fraction of sp³-hybridized carbons (Fsp3) is 0.450. The van der Waals surface area contributed by atoms with Crippen LogP contribution in [0.25, 0.3) is 0 Å². The van der Waals surface area contributed by atoms with Crippen LogP contribution >= 0.6 is 0 Å². The number of nitrogens with one attached hydrogen (secondary N) is 2. The highest BCUT2D eigenvalue weighted by Gasteiger charge is 2.45. The molecule has 1 aliphatic carbocycles. The molecule has 3 atom stereocenters. The highest BCUT2D eigenvalue weighted by Crippen LogP contribution is 2.45. The molecule has 1 aliphatic heterocycles. The Kier molecular flexibility index (Phi) is 5.61. The van der Waals surface area contributed by atoms with Crippen LogP contribution in [0.15, 0.2) is 35.1 Å². The maximum Gasteiger partial charge on any atom is 0.573 e. The van der Waals surface area contributed by atoms with Crippen LogP contribution in [0, 0.1) is 11.8 Å². The summed E-state index contributed by atoms with van der Waals surface area (Å²) in [5.74, 6) is 0.649. The number of aromatic amines is 1. The van der Waals surface area contributed by atoms with Crippen molar-refractivity contribution >= 4 is 11.9 Å². The predicted molar refractivity (Wildman–Crippen MR) is 104 cm³/mol. The zero-order valence-corrected chi connectivity index (χ0v) is 16.6. The number of H-pyrrole nitrogens is 1. The molecule has 1 aromatic carbocycles. The van der Waals surface area contributed by atoms with E-state index in [-0.39, 0.29) is 18.1 Å². The van der Waals surface area contributed by atoms with Gasteiger partial charge in [-0.25, -0.2) is 4.98 Å². The Balaban J connectivity index is 1.48. The molecule has 31 heavy (non-hydrogen) atoms. The SMILES string of the molecule is COCC(NC(=O)c1cc(=O)[nH]c(N2CC3CC3C2)n1)c1ccc(OC(F)(F)F)cc1. The summed E-state index contributed by atoms with van der Waals surface area (Å²) in [6.45, 7) is 1.67. The lowest BCUT2D eigenvalue weighted by Crippen LogP contribution is -2.34. The quantitative estimate of drug-likeness (QED) is 0.689. The van der Waals surface area contributed by atoms with Crippen molar-refractivity contribution in [1.82, 2.24) is 15.3 Å². The molecule has 4 rings (SSSR count). The van der Waals surface area contributed by atoms with Gasteiger partial charge in [-0.15, -0.1) is 13.2 Å². The molecule has 1 amide bonds. The van der Waals surface area contributed by atoms with Crippen molar-refractivity contribution in [2.75, 3.05) is 31.7 Å². The highest BCUT2D eigenvalue weighted by atomic mass is 19.4. The van der Waals surface area contributed by atoms with E-state index in [1.54, 1.807) is 0 Å². The third-order valence-corrected chi connectivity index (χ3v) is 5.39. The summed E-state index contributed by atoms with van der Waals surface area (Å²) < 4.78 is 46.0. The van der Waals surface area contributed by atoms with E-state index in [4.69, 9.17) is 4.74 Å². The van der Waals surface area contributed by atoms with E-state index in [1.165, 1.54) is 25.7 Å². The summed E-state index contributed by atoms with van der Waals surface area (Å²) in [6.07, 6.45) is -3.60. The number of halogens is 3. The van der Waals surface area contributed by atoms with E-state index < -0.39 is 23.9 Å². The summed E-state index contributed by atoms with van der Waals surface area (Å²) in [5.41, 5.74) is 0.0273. The number of nitrogens with zero attached hydrogens (tertiary/aromatic N) is 2. The molecule has 0 bridgehead atoms. The maximum atomic E-state index is 12.8. The number of hydrogen-bond donors (Lipinski definition) is 2. The zero-order valence-electron chi connectivity index (χ0n) is 16.6. The van der Waals surface area contributed by atoms with Crippen molar-refractivity contribution in [3.05, 3.63) is 51.9 Å². The summed E-state index contributed by atoms with van der Waals surface area (Å²) in [4.78, 5) is 33.8. The first-order valence-corrected chi connectivity index (χ1v) is 9.73. The van der Waals surface area contributed by atoms with Crippen molar-refractivity contribution in [2.45, 2.75) is 18.8 Å². The van der Waals surface area contributed by atoms with Crippen LogP contribution in [0.5, 0.6) is 5.75 Å². The lowest BCUT2D eigenvalue weighted by atomic mass is 10.1. The minimum atomic E-state index is -4.79. The molecule has 0 radical (unpaired) electrons. The number of ether oxygens (including phenoxy) is 2. The van der Waals surface area contributed by atoms with Crippen molar-refractivity contribution in [3.63, 3.8) is 0 Å². The smallest absolute Gasteiger partial charge is 0.406 e. The van der Waals surface area contributed by atoms with E-state index >= 15 is 0 Å². The average molecular weight is 438 g/mol. The second-order valence-electron chi connectivity index (χ2n) is 7.71. The number of carbonyl (C=O) groups is 1. The maximum absolute atomic E-state index is 12.8. The average Bonchev–Trinajstić information content (AvgIpc) is 3.31. The Morgan fingerprint density at radius 1 is 1.29 bits per heavy atom. The molecule has 2 fully saturated rings. The molecule has 2 N–H and O–H groups in total. The number of benzene rings is 1. The first-order valence-electron chi connectivity index (χ1n) is 9.73. The number of amides is 1. The minimum absolute atomic E-state index is 0.0440. The molecular weight excluding hydrogens is 417 g/mol. The van der Waals surface area contributed by atoms with Crippen LogP contribution in [0.4, 0.5) is 19.1 Å². The number of methoxy groups -OCH3 is 1. The van der Waals surface area contributed by atoms with Crippen LogP contribution in [0.1, 0.15) is 28.5 Å². The van der Waals surface area contributed by atoms with E-state index in [0.29, 0.717) is 23.3 Å². The third-order valence-electron chi connectivity index (χ3n) is 5.39. The lowest BCUT2D eigenvalue weighted by molar-refractivity contribution is -0.274. The number of alkyl halides is 3. The molecule has 166 valence electrons. The van der Waals surface area contributed by atoms with Gasteiger partial charge in [-0.1, -0.05) is 12.1 Å². The molecule has 3 unspecified atom stereocenters. The molecule has 1 saturated heterocycles. The van der Waals surface area contributed by atoms with E-state index in [9.17, 15) is 22.8 Å². The molecule has 2 aromatic rings. The molecular formula is C20H21F3N4O4. The Hall–Kier alpha value is -3.08. The largest absolute Gasteiger partial charge is 0.573 e.